The van der Waals surface area contributed by atoms with Crippen molar-refractivity contribution in [3.63, 3.8) is 0 Å². The number of hydrogen-bond donors (Lipinski definition) is 1. The van der Waals surface area contributed by atoms with Gasteiger partial charge in [-0.05, 0) is 29.7 Å². The average molecular weight is 346 g/mol. The van der Waals surface area contributed by atoms with Gasteiger partial charge in [0.2, 0.25) is 5.95 Å². The van der Waals surface area contributed by atoms with Gasteiger partial charge in [0.15, 0.2) is 11.5 Å². The molecule has 7 heteroatoms. The minimum Gasteiger partial charge on any atom is -0.368 e. The molecule has 0 bridgehead atoms. The Kier molecular flexibility index (Phi) is 4.42. The number of benzene rings is 1. The molecule has 0 aliphatic carbocycles. The van der Waals surface area contributed by atoms with Crippen molar-refractivity contribution < 1.29 is 4.39 Å². The van der Waals surface area contributed by atoms with Crippen LogP contribution >= 0.6 is 0 Å². The lowest BCUT2D eigenvalue weighted by Gasteiger charge is -2.08. The average Bonchev–Trinajstić information content (AvgIpc) is 2.69. The van der Waals surface area contributed by atoms with Crippen LogP contribution in [0.4, 0.5) is 10.2 Å². The van der Waals surface area contributed by atoms with Gasteiger partial charge in [0.05, 0.1) is 0 Å². The molecule has 4 rings (SSSR count). The van der Waals surface area contributed by atoms with Crippen LogP contribution in [0.5, 0.6) is 0 Å². The van der Waals surface area contributed by atoms with Crippen LogP contribution in [0.15, 0.2) is 61.3 Å². The van der Waals surface area contributed by atoms with Crippen LogP contribution in [0.25, 0.3) is 22.3 Å². The highest BCUT2D eigenvalue weighted by molar-refractivity contribution is 5.81. The summed E-state index contributed by atoms with van der Waals surface area (Å²) in [6, 6.07) is 11.2. The molecule has 128 valence electrons. The Balaban J connectivity index is 1.41. The van der Waals surface area contributed by atoms with Crippen LogP contribution in [0, 0.1) is 5.95 Å². The fourth-order valence-electron chi connectivity index (χ4n) is 2.66. The first-order valence-corrected chi connectivity index (χ1v) is 8.16. The smallest absolute Gasteiger partial charge is 0.212 e. The number of nitrogens with one attached hydrogen (secondary N) is 1. The number of nitrogens with zero attached hydrogens (tertiary/aromatic N) is 5. The molecule has 0 saturated carbocycles. The van der Waals surface area contributed by atoms with Crippen LogP contribution in [0.2, 0.25) is 0 Å². The van der Waals surface area contributed by atoms with E-state index in [-0.39, 0.29) is 0 Å². The predicted octanol–water partition coefficient (Wildman–Crippen LogP) is 3.28. The number of halogens is 1. The van der Waals surface area contributed by atoms with Crippen LogP contribution in [-0.2, 0) is 6.42 Å². The maximum Gasteiger partial charge on any atom is 0.212 e. The molecular weight excluding hydrogens is 331 g/mol. The first kappa shape index (κ1) is 16.0. The van der Waals surface area contributed by atoms with Crippen molar-refractivity contribution >= 4 is 17.0 Å². The molecule has 4 aromatic rings. The maximum atomic E-state index is 12.9. The van der Waals surface area contributed by atoms with Gasteiger partial charge >= 0.3 is 0 Å². The topological polar surface area (TPSA) is 76.5 Å². The summed E-state index contributed by atoms with van der Waals surface area (Å²) < 4.78 is 12.9. The van der Waals surface area contributed by atoms with E-state index in [4.69, 9.17) is 0 Å². The fraction of sp³-hybridized carbons (Fsp3) is 0.105. The van der Waals surface area contributed by atoms with Gasteiger partial charge in [0, 0.05) is 30.7 Å². The first-order valence-electron chi connectivity index (χ1n) is 8.16. The number of fused-ring (bicyclic) bond motifs is 1. The summed E-state index contributed by atoms with van der Waals surface area (Å²) in [7, 11) is 0. The highest BCUT2D eigenvalue weighted by Gasteiger charge is 2.05. The molecule has 0 saturated heterocycles. The summed E-state index contributed by atoms with van der Waals surface area (Å²) in [5.74, 6) is 0.204. The Morgan fingerprint density at radius 1 is 0.808 bits per heavy atom. The largest absolute Gasteiger partial charge is 0.368 e. The Labute approximate surface area is 149 Å². The standard InChI is InChI=1S/C19H15FN6/c20-16-6-5-15(11-24-16)14-3-1-13(2-4-14)7-8-22-18-17-19(26-12-25-18)23-10-9-21-17/h1-6,9-12H,7-8H2,(H,22,23,25,26). The molecule has 1 aromatic carbocycles. The predicted molar refractivity (Wildman–Crippen MR) is 97.0 cm³/mol. The van der Waals surface area contributed by atoms with Crippen LogP contribution in [0.1, 0.15) is 5.56 Å². The molecular formula is C19H15FN6. The molecule has 0 aliphatic rings. The lowest BCUT2D eigenvalue weighted by atomic mass is 10.0. The number of hydrogen-bond acceptors (Lipinski definition) is 6. The molecule has 0 aliphatic heterocycles. The normalized spacial score (nSPS) is 10.8. The van der Waals surface area contributed by atoms with Gasteiger partial charge in [-0.25, -0.2) is 24.9 Å². The highest BCUT2D eigenvalue weighted by Crippen LogP contribution is 2.19. The molecule has 3 heterocycles. The Morgan fingerprint density at radius 2 is 1.62 bits per heavy atom. The van der Waals surface area contributed by atoms with Crippen molar-refractivity contribution in [3.8, 4) is 11.1 Å². The SMILES string of the molecule is Fc1ccc(-c2ccc(CCNc3ncnc4nccnc34)cc2)cn1. The van der Waals surface area contributed by atoms with Crippen molar-refractivity contribution in [1.29, 1.82) is 0 Å². The maximum absolute atomic E-state index is 12.9. The zero-order valence-corrected chi connectivity index (χ0v) is 13.8. The van der Waals surface area contributed by atoms with Crippen molar-refractivity contribution in [3.05, 3.63) is 72.8 Å². The van der Waals surface area contributed by atoms with E-state index in [9.17, 15) is 4.39 Å². The van der Waals surface area contributed by atoms with E-state index in [1.807, 2.05) is 12.1 Å². The molecule has 0 amide bonds. The van der Waals surface area contributed by atoms with E-state index in [0.29, 0.717) is 23.5 Å². The quantitative estimate of drug-likeness (QED) is 0.559. The van der Waals surface area contributed by atoms with E-state index in [1.165, 1.54) is 24.2 Å². The highest BCUT2D eigenvalue weighted by atomic mass is 19.1. The molecule has 0 atom stereocenters. The molecule has 6 nitrogen and oxygen atoms in total. The molecule has 0 unspecified atom stereocenters. The van der Waals surface area contributed by atoms with Gasteiger partial charge in [-0.1, -0.05) is 24.3 Å². The molecule has 0 spiro atoms. The van der Waals surface area contributed by atoms with E-state index >= 15 is 0 Å². The summed E-state index contributed by atoms with van der Waals surface area (Å²) in [5, 5.41) is 3.28. The number of aromatic nitrogens is 5. The Hall–Kier alpha value is -3.48. The summed E-state index contributed by atoms with van der Waals surface area (Å²) in [6.45, 7) is 0.708. The second-order valence-electron chi connectivity index (χ2n) is 5.69. The van der Waals surface area contributed by atoms with E-state index in [1.54, 1.807) is 18.5 Å². The van der Waals surface area contributed by atoms with Crippen LogP contribution < -0.4 is 5.32 Å². The van der Waals surface area contributed by atoms with Gasteiger partial charge in [-0.2, -0.15) is 4.39 Å². The third-order valence-electron chi connectivity index (χ3n) is 3.99. The Bertz CT molecular complexity index is 1010. The molecule has 1 N–H and O–H groups in total. The number of pyridine rings is 1. The molecule has 0 radical (unpaired) electrons. The van der Waals surface area contributed by atoms with Crippen molar-refractivity contribution in [1.82, 2.24) is 24.9 Å². The van der Waals surface area contributed by atoms with Gasteiger partial charge in [-0.3, -0.25) is 0 Å². The Morgan fingerprint density at radius 3 is 2.42 bits per heavy atom. The van der Waals surface area contributed by atoms with Gasteiger partial charge in [0.25, 0.3) is 0 Å². The summed E-state index contributed by atoms with van der Waals surface area (Å²) in [5.41, 5.74) is 4.31. The van der Waals surface area contributed by atoms with Gasteiger partial charge in [0.1, 0.15) is 11.8 Å². The van der Waals surface area contributed by atoms with Gasteiger partial charge in [-0.15, -0.1) is 0 Å². The van der Waals surface area contributed by atoms with Crippen LogP contribution in [-0.4, -0.2) is 31.5 Å². The minimum atomic E-state index is -0.474. The monoisotopic (exact) mass is 346 g/mol. The fourth-order valence-corrected chi connectivity index (χ4v) is 2.66. The van der Waals surface area contributed by atoms with Crippen molar-refractivity contribution in [2.45, 2.75) is 6.42 Å². The minimum absolute atomic E-state index is 0.474. The lowest BCUT2D eigenvalue weighted by molar-refractivity contribution is 0.584. The van der Waals surface area contributed by atoms with Crippen molar-refractivity contribution in [2.75, 3.05) is 11.9 Å². The second-order valence-corrected chi connectivity index (χ2v) is 5.69. The van der Waals surface area contributed by atoms with Gasteiger partial charge < -0.3 is 5.32 Å². The van der Waals surface area contributed by atoms with Crippen LogP contribution in [0.3, 0.4) is 0 Å². The molecule has 26 heavy (non-hydrogen) atoms. The first-order chi connectivity index (χ1) is 12.8. The third-order valence-corrected chi connectivity index (χ3v) is 3.99. The molecule has 0 fully saturated rings. The summed E-state index contributed by atoms with van der Waals surface area (Å²) in [6.07, 6.45) is 7.07. The zero-order valence-electron chi connectivity index (χ0n) is 13.8. The van der Waals surface area contributed by atoms with E-state index < -0.39 is 5.95 Å². The summed E-state index contributed by atoms with van der Waals surface area (Å²) >= 11 is 0. The van der Waals surface area contributed by atoms with Crippen molar-refractivity contribution in [2.24, 2.45) is 0 Å². The zero-order chi connectivity index (χ0) is 17.8. The lowest BCUT2D eigenvalue weighted by Crippen LogP contribution is -2.08. The summed E-state index contributed by atoms with van der Waals surface area (Å²) in [4.78, 5) is 20.5. The number of rotatable bonds is 5. The molecule has 3 aromatic heterocycles. The second kappa shape index (κ2) is 7.18. The van der Waals surface area contributed by atoms with E-state index in [2.05, 4.69) is 42.4 Å². The van der Waals surface area contributed by atoms with E-state index in [0.717, 1.165) is 17.5 Å². The number of anilines is 1. The third kappa shape index (κ3) is 3.46.